The first kappa shape index (κ1) is 21.6. The molecule has 0 unspecified atom stereocenters. The molecule has 3 rings (SSSR count). The lowest BCUT2D eigenvalue weighted by Gasteiger charge is -2.24. The number of aryl methyl sites for hydroxylation is 2. The fourth-order valence-corrected chi connectivity index (χ4v) is 3.49. The molecule has 0 aliphatic carbocycles. The predicted octanol–water partition coefficient (Wildman–Crippen LogP) is 7.57. The molecule has 30 heavy (non-hydrogen) atoms. The molecule has 0 N–H and O–H groups in total. The van der Waals surface area contributed by atoms with Crippen LogP contribution in [0.15, 0.2) is 90.6 Å². The lowest BCUT2D eigenvalue weighted by atomic mass is 9.96. The minimum absolute atomic E-state index is 0.747. The number of halogens is 1. The Morgan fingerprint density at radius 2 is 1.70 bits per heavy atom. The minimum Gasteiger partial charge on any atom is -0.317 e. The Bertz CT molecular complexity index is 1060. The molecule has 0 saturated heterocycles. The summed E-state index contributed by atoms with van der Waals surface area (Å²) in [7, 11) is 1.79. The predicted molar refractivity (Wildman–Crippen MR) is 132 cm³/mol. The second-order valence-electron chi connectivity index (χ2n) is 7.29. The summed E-state index contributed by atoms with van der Waals surface area (Å²) in [5.74, 6) is 0. The molecule has 0 aromatic heterocycles. The highest BCUT2D eigenvalue weighted by molar-refractivity contribution is 6.30. The van der Waals surface area contributed by atoms with Crippen molar-refractivity contribution in [1.82, 2.24) is 0 Å². The smallest absolute Gasteiger partial charge is 0.0490 e. The molecule has 3 aromatic carbocycles. The van der Waals surface area contributed by atoms with E-state index in [-0.39, 0.29) is 0 Å². The fraction of sp³-hybridized carbons (Fsp3) is 0.148. The average molecular weight is 415 g/mol. The molecule has 0 bridgehead atoms. The molecule has 0 radical (unpaired) electrons. The zero-order chi connectivity index (χ0) is 21.5. The summed E-state index contributed by atoms with van der Waals surface area (Å²) in [5, 5.41) is 0.747. The number of aliphatic imine (C=N–C) groups is 1. The molecule has 152 valence electrons. The van der Waals surface area contributed by atoms with Crippen molar-refractivity contribution in [2.75, 3.05) is 11.9 Å². The Morgan fingerprint density at radius 1 is 1.00 bits per heavy atom. The fourth-order valence-electron chi connectivity index (χ4n) is 3.36. The van der Waals surface area contributed by atoms with Gasteiger partial charge in [0.15, 0.2) is 0 Å². The SMILES string of the molecule is C=CN(c1ccc(C)cc1)c1cc(/C(=C/C=N\C)Cc2ccc(Cl)cc2)ccc1C. The maximum Gasteiger partial charge on any atom is 0.0490 e. The lowest BCUT2D eigenvalue weighted by Crippen LogP contribution is -2.10. The molecular formula is C27H27ClN2. The lowest BCUT2D eigenvalue weighted by molar-refractivity contribution is 1.23. The summed E-state index contributed by atoms with van der Waals surface area (Å²) in [6, 6.07) is 23.0. The van der Waals surface area contributed by atoms with Crippen LogP contribution in [0.1, 0.15) is 22.3 Å². The van der Waals surface area contributed by atoms with Gasteiger partial charge in [0.05, 0.1) is 0 Å². The van der Waals surface area contributed by atoms with Gasteiger partial charge in [0.25, 0.3) is 0 Å². The van der Waals surface area contributed by atoms with E-state index in [1.807, 2.05) is 24.5 Å². The normalized spacial score (nSPS) is 11.7. The van der Waals surface area contributed by atoms with E-state index < -0.39 is 0 Å². The largest absolute Gasteiger partial charge is 0.317 e. The maximum atomic E-state index is 6.06. The van der Waals surface area contributed by atoms with E-state index in [0.29, 0.717) is 0 Å². The number of hydrogen-bond acceptors (Lipinski definition) is 2. The standard InChI is InChI=1S/C27H27ClN2/c1-5-30(26-14-6-20(2)7-15-26)27-19-23(11-8-21(27)3)24(16-17-29-4)18-22-9-12-25(28)13-10-22/h5-17,19H,1,18H2,2-4H3/b24-16+,29-17-. The molecule has 0 heterocycles. The van der Waals surface area contributed by atoms with Gasteiger partial charge in [-0.3, -0.25) is 4.99 Å². The van der Waals surface area contributed by atoms with Gasteiger partial charge < -0.3 is 4.90 Å². The first-order valence-corrected chi connectivity index (χ1v) is 10.3. The molecule has 0 fully saturated rings. The Balaban J connectivity index is 2.02. The van der Waals surface area contributed by atoms with Crippen LogP contribution in [0, 0.1) is 13.8 Å². The summed E-state index contributed by atoms with van der Waals surface area (Å²) in [6.45, 7) is 8.27. The van der Waals surface area contributed by atoms with Crippen LogP contribution in [0.25, 0.3) is 5.57 Å². The Morgan fingerprint density at radius 3 is 2.33 bits per heavy atom. The van der Waals surface area contributed by atoms with Crippen molar-refractivity contribution >= 4 is 34.8 Å². The van der Waals surface area contributed by atoms with Crippen molar-refractivity contribution in [1.29, 1.82) is 0 Å². The van der Waals surface area contributed by atoms with Crippen LogP contribution < -0.4 is 4.90 Å². The van der Waals surface area contributed by atoms with Crippen LogP contribution in [-0.4, -0.2) is 13.3 Å². The van der Waals surface area contributed by atoms with Gasteiger partial charge >= 0.3 is 0 Å². The molecule has 2 nitrogen and oxygen atoms in total. The van der Waals surface area contributed by atoms with E-state index in [0.717, 1.165) is 28.4 Å². The topological polar surface area (TPSA) is 15.6 Å². The van der Waals surface area contributed by atoms with E-state index in [2.05, 4.69) is 91.0 Å². The van der Waals surface area contributed by atoms with Crippen LogP contribution in [0.2, 0.25) is 5.02 Å². The third-order valence-corrected chi connectivity index (χ3v) is 5.32. The summed E-state index contributed by atoms with van der Waals surface area (Å²) in [6.07, 6.45) is 6.58. The molecule has 3 aromatic rings. The highest BCUT2D eigenvalue weighted by Crippen LogP contribution is 2.32. The Labute approximate surface area is 184 Å². The number of benzene rings is 3. The van der Waals surface area contributed by atoms with Crippen LogP contribution in [0.4, 0.5) is 11.4 Å². The summed E-state index contributed by atoms with van der Waals surface area (Å²) >= 11 is 6.06. The first-order chi connectivity index (χ1) is 14.5. The van der Waals surface area contributed by atoms with E-state index >= 15 is 0 Å². The molecular weight excluding hydrogens is 388 g/mol. The van der Waals surface area contributed by atoms with E-state index in [1.54, 1.807) is 7.05 Å². The molecule has 0 spiro atoms. The van der Waals surface area contributed by atoms with Gasteiger partial charge in [0, 0.05) is 35.9 Å². The van der Waals surface area contributed by atoms with Gasteiger partial charge in [0.1, 0.15) is 0 Å². The molecule has 0 amide bonds. The van der Waals surface area contributed by atoms with Gasteiger partial charge in [-0.1, -0.05) is 60.1 Å². The zero-order valence-corrected chi connectivity index (χ0v) is 18.5. The zero-order valence-electron chi connectivity index (χ0n) is 17.8. The molecule has 0 saturated carbocycles. The Kier molecular flexibility index (Phi) is 7.26. The van der Waals surface area contributed by atoms with Crippen LogP contribution in [-0.2, 0) is 6.42 Å². The first-order valence-electron chi connectivity index (χ1n) is 9.97. The van der Waals surface area contributed by atoms with Gasteiger partial charge in [0.2, 0.25) is 0 Å². The average Bonchev–Trinajstić information content (AvgIpc) is 2.75. The maximum absolute atomic E-state index is 6.06. The number of allylic oxidation sites excluding steroid dienone is 2. The van der Waals surface area contributed by atoms with Crippen molar-refractivity contribution in [2.24, 2.45) is 4.99 Å². The molecule has 0 aliphatic heterocycles. The third-order valence-electron chi connectivity index (χ3n) is 5.07. The number of anilines is 2. The summed E-state index contributed by atoms with van der Waals surface area (Å²) in [4.78, 5) is 6.29. The van der Waals surface area contributed by atoms with Crippen LogP contribution in [0.3, 0.4) is 0 Å². The highest BCUT2D eigenvalue weighted by atomic mass is 35.5. The van der Waals surface area contributed by atoms with Gasteiger partial charge in [-0.15, -0.1) is 0 Å². The van der Waals surface area contributed by atoms with Crippen LogP contribution >= 0.6 is 11.6 Å². The van der Waals surface area contributed by atoms with E-state index in [1.165, 1.54) is 22.3 Å². The summed E-state index contributed by atoms with van der Waals surface area (Å²) < 4.78 is 0. The van der Waals surface area contributed by atoms with Gasteiger partial charge in [-0.05, 0) is 78.9 Å². The van der Waals surface area contributed by atoms with Crippen molar-refractivity contribution < 1.29 is 0 Å². The number of hydrogen-bond donors (Lipinski definition) is 0. The monoisotopic (exact) mass is 414 g/mol. The molecule has 0 aliphatic rings. The number of nitrogens with zero attached hydrogens (tertiary/aromatic N) is 2. The van der Waals surface area contributed by atoms with Crippen molar-refractivity contribution in [2.45, 2.75) is 20.3 Å². The Hall–Kier alpha value is -3.10. The minimum atomic E-state index is 0.747. The molecule has 3 heteroatoms. The molecule has 0 atom stereocenters. The summed E-state index contributed by atoms with van der Waals surface area (Å²) in [5.41, 5.74) is 8.18. The van der Waals surface area contributed by atoms with Gasteiger partial charge in [-0.2, -0.15) is 0 Å². The van der Waals surface area contributed by atoms with Crippen molar-refractivity contribution in [3.63, 3.8) is 0 Å². The van der Waals surface area contributed by atoms with E-state index in [9.17, 15) is 0 Å². The quantitative estimate of drug-likeness (QED) is 0.364. The second kappa shape index (κ2) is 10.1. The van der Waals surface area contributed by atoms with Crippen molar-refractivity contribution in [3.8, 4) is 0 Å². The number of rotatable bonds is 7. The highest BCUT2D eigenvalue weighted by Gasteiger charge is 2.12. The van der Waals surface area contributed by atoms with Crippen LogP contribution in [0.5, 0.6) is 0 Å². The van der Waals surface area contributed by atoms with Gasteiger partial charge in [-0.25, -0.2) is 0 Å². The van der Waals surface area contributed by atoms with E-state index in [4.69, 9.17) is 11.6 Å². The van der Waals surface area contributed by atoms with Crippen molar-refractivity contribution in [3.05, 3.63) is 113 Å². The second-order valence-corrected chi connectivity index (χ2v) is 7.73. The third kappa shape index (κ3) is 5.28.